The number of hydrogen-bond acceptors (Lipinski definition) is 5. The van der Waals surface area contributed by atoms with Gasteiger partial charge < -0.3 is 5.32 Å². The van der Waals surface area contributed by atoms with Gasteiger partial charge in [0.05, 0.1) is 22.9 Å². The fraction of sp³-hybridized carbons (Fsp3) is 0.350. The average molecular weight is 362 g/mol. The van der Waals surface area contributed by atoms with Gasteiger partial charge in [0.1, 0.15) is 6.04 Å². The number of hydrogen-bond donors (Lipinski definition) is 1. The maximum Gasteiger partial charge on any atom is 0.247 e. The van der Waals surface area contributed by atoms with Crippen LogP contribution in [0, 0.1) is 23.7 Å². The van der Waals surface area contributed by atoms with Crippen LogP contribution in [0.25, 0.3) is 11.0 Å². The Bertz CT molecular complexity index is 987. The van der Waals surface area contributed by atoms with Gasteiger partial charge in [-0.2, -0.15) is 0 Å². The molecule has 1 saturated carbocycles. The molecule has 0 unspecified atom stereocenters. The first-order chi connectivity index (χ1) is 13.0. The third kappa shape index (κ3) is 2.31. The van der Waals surface area contributed by atoms with Gasteiger partial charge in [0, 0.05) is 18.1 Å². The summed E-state index contributed by atoms with van der Waals surface area (Å²) < 4.78 is 0. The van der Waals surface area contributed by atoms with Crippen LogP contribution in [0.5, 0.6) is 0 Å². The van der Waals surface area contributed by atoms with Gasteiger partial charge in [0.2, 0.25) is 17.7 Å². The Balaban J connectivity index is 1.36. The lowest BCUT2D eigenvalue weighted by molar-refractivity contribution is -0.146. The summed E-state index contributed by atoms with van der Waals surface area (Å²) in [4.78, 5) is 48.0. The summed E-state index contributed by atoms with van der Waals surface area (Å²) in [5.74, 6) is -1.13. The number of fused-ring (bicyclic) bond motifs is 6. The van der Waals surface area contributed by atoms with Crippen LogP contribution in [0.3, 0.4) is 0 Å². The lowest BCUT2D eigenvalue weighted by atomic mass is 9.85. The van der Waals surface area contributed by atoms with E-state index in [1.807, 2.05) is 12.2 Å². The molecular formula is C20H18N4O3. The number of nitrogens with zero attached hydrogens (tertiary/aromatic N) is 3. The molecule has 2 bridgehead atoms. The van der Waals surface area contributed by atoms with Gasteiger partial charge in [-0.1, -0.05) is 12.2 Å². The Morgan fingerprint density at radius 2 is 1.70 bits per heavy atom. The average Bonchev–Trinajstić information content (AvgIpc) is 3.35. The molecule has 1 aromatic heterocycles. The van der Waals surface area contributed by atoms with Crippen molar-refractivity contribution >= 4 is 34.4 Å². The Morgan fingerprint density at radius 1 is 1.07 bits per heavy atom. The van der Waals surface area contributed by atoms with Crippen LogP contribution in [-0.4, -0.2) is 38.6 Å². The molecule has 5 rings (SSSR count). The van der Waals surface area contributed by atoms with E-state index in [-0.39, 0.29) is 41.4 Å². The summed E-state index contributed by atoms with van der Waals surface area (Å²) >= 11 is 0. The second-order valence-electron chi connectivity index (χ2n) is 7.47. The molecule has 7 nitrogen and oxygen atoms in total. The minimum absolute atomic E-state index is 0.135. The number of carbonyl (C=O) groups excluding carboxylic acids is 3. The number of aromatic nitrogens is 2. The molecule has 1 aliphatic heterocycles. The van der Waals surface area contributed by atoms with Crippen LogP contribution in [0.1, 0.15) is 13.3 Å². The molecule has 2 heterocycles. The van der Waals surface area contributed by atoms with E-state index in [4.69, 9.17) is 0 Å². The molecule has 2 fully saturated rings. The number of anilines is 1. The zero-order valence-corrected chi connectivity index (χ0v) is 14.7. The zero-order valence-electron chi connectivity index (χ0n) is 14.7. The largest absolute Gasteiger partial charge is 0.324 e. The van der Waals surface area contributed by atoms with Gasteiger partial charge >= 0.3 is 0 Å². The molecule has 3 amide bonds. The van der Waals surface area contributed by atoms with Gasteiger partial charge in [0.15, 0.2) is 0 Å². The van der Waals surface area contributed by atoms with Gasteiger partial charge in [-0.25, -0.2) is 0 Å². The van der Waals surface area contributed by atoms with Crippen molar-refractivity contribution in [3.05, 3.63) is 42.7 Å². The Morgan fingerprint density at radius 3 is 2.37 bits per heavy atom. The number of carbonyl (C=O) groups is 3. The van der Waals surface area contributed by atoms with Crippen LogP contribution in [0.15, 0.2) is 42.7 Å². The third-order valence-electron chi connectivity index (χ3n) is 6.01. The highest BCUT2D eigenvalue weighted by Crippen LogP contribution is 2.52. The van der Waals surface area contributed by atoms with E-state index in [1.54, 1.807) is 37.5 Å². The molecule has 1 saturated heterocycles. The van der Waals surface area contributed by atoms with E-state index >= 15 is 0 Å². The van der Waals surface area contributed by atoms with Crippen molar-refractivity contribution in [1.29, 1.82) is 0 Å². The molecule has 136 valence electrons. The lowest BCUT2D eigenvalue weighted by Gasteiger charge is -2.23. The molecule has 0 spiro atoms. The number of benzene rings is 1. The van der Waals surface area contributed by atoms with Crippen molar-refractivity contribution in [2.75, 3.05) is 5.32 Å². The number of imide groups is 1. The molecule has 2 aromatic rings. The van der Waals surface area contributed by atoms with E-state index < -0.39 is 6.04 Å². The molecule has 27 heavy (non-hydrogen) atoms. The molecule has 1 N–H and O–H groups in total. The van der Waals surface area contributed by atoms with Crippen molar-refractivity contribution in [2.45, 2.75) is 19.4 Å². The van der Waals surface area contributed by atoms with Crippen molar-refractivity contribution in [3.63, 3.8) is 0 Å². The standard InChI is InChI=1S/C20H18N4O3/c1-10(18(25)23-13-4-5-14-15(9-13)22-7-6-21-14)24-19(26)16-11-2-3-12(8-11)17(16)20(24)27/h2-7,9-12,16-17H,8H2,1H3,(H,23,25)/t10-,11+,12+,16+,17+/m1/s1. The van der Waals surface area contributed by atoms with Crippen LogP contribution in [0.4, 0.5) is 5.69 Å². The maximum atomic E-state index is 12.8. The second kappa shape index (κ2) is 5.70. The van der Waals surface area contributed by atoms with Crippen LogP contribution in [0.2, 0.25) is 0 Å². The second-order valence-corrected chi connectivity index (χ2v) is 7.47. The Kier molecular flexibility index (Phi) is 3.40. The van der Waals surface area contributed by atoms with Gasteiger partial charge in [-0.3, -0.25) is 29.3 Å². The first kappa shape index (κ1) is 16.1. The highest BCUT2D eigenvalue weighted by atomic mass is 16.2. The zero-order chi connectivity index (χ0) is 18.7. The number of allylic oxidation sites excluding steroid dienone is 2. The number of rotatable bonds is 3. The molecule has 2 aliphatic carbocycles. The summed E-state index contributed by atoms with van der Waals surface area (Å²) in [5, 5.41) is 2.79. The molecule has 0 radical (unpaired) electrons. The van der Waals surface area contributed by atoms with E-state index in [1.165, 1.54) is 0 Å². The smallest absolute Gasteiger partial charge is 0.247 e. The van der Waals surface area contributed by atoms with Crippen molar-refractivity contribution in [3.8, 4) is 0 Å². The molecular weight excluding hydrogens is 344 g/mol. The van der Waals surface area contributed by atoms with Gasteiger partial charge in [-0.05, 0) is 43.4 Å². The predicted molar refractivity (Wildman–Crippen MR) is 97.2 cm³/mol. The van der Waals surface area contributed by atoms with Crippen LogP contribution >= 0.6 is 0 Å². The first-order valence-electron chi connectivity index (χ1n) is 9.11. The maximum absolute atomic E-state index is 12.8. The Hall–Kier alpha value is -3.09. The Labute approximate surface area is 155 Å². The predicted octanol–water partition coefficient (Wildman–Crippen LogP) is 1.76. The van der Waals surface area contributed by atoms with Crippen molar-refractivity contribution in [1.82, 2.24) is 14.9 Å². The minimum atomic E-state index is -0.854. The summed E-state index contributed by atoms with van der Waals surface area (Å²) in [5.41, 5.74) is 1.94. The minimum Gasteiger partial charge on any atom is -0.324 e. The van der Waals surface area contributed by atoms with Gasteiger partial charge in [-0.15, -0.1) is 0 Å². The van der Waals surface area contributed by atoms with E-state index in [0.717, 1.165) is 16.8 Å². The highest BCUT2D eigenvalue weighted by molar-refractivity contribution is 6.10. The SMILES string of the molecule is C[C@H](C(=O)Nc1ccc2nccnc2c1)N1C(=O)[C@@H]2[C@@H](C1=O)[C@H]1C=C[C@H]2C1. The molecule has 1 aromatic carbocycles. The molecule has 5 atom stereocenters. The highest BCUT2D eigenvalue weighted by Gasteiger charge is 2.60. The number of amides is 3. The normalized spacial score (nSPS) is 29.4. The van der Waals surface area contributed by atoms with E-state index in [2.05, 4.69) is 15.3 Å². The summed E-state index contributed by atoms with van der Waals surface area (Å²) in [6.45, 7) is 1.60. The van der Waals surface area contributed by atoms with Crippen molar-refractivity contribution in [2.24, 2.45) is 23.7 Å². The molecule has 7 heteroatoms. The fourth-order valence-corrected chi connectivity index (χ4v) is 4.71. The summed E-state index contributed by atoms with van der Waals surface area (Å²) in [7, 11) is 0. The quantitative estimate of drug-likeness (QED) is 0.663. The van der Waals surface area contributed by atoms with Gasteiger partial charge in [0.25, 0.3) is 0 Å². The lowest BCUT2D eigenvalue weighted by Crippen LogP contribution is -2.46. The fourth-order valence-electron chi connectivity index (χ4n) is 4.71. The summed E-state index contributed by atoms with van der Waals surface area (Å²) in [6, 6.07) is 4.36. The number of likely N-dealkylation sites (tertiary alicyclic amines) is 1. The monoisotopic (exact) mass is 362 g/mol. The first-order valence-corrected chi connectivity index (χ1v) is 9.11. The topological polar surface area (TPSA) is 92.3 Å². The summed E-state index contributed by atoms with van der Waals surface area (Å²) in [6.07, 6.45) is 8.15. The third-order valence-corrected chi connectivity index (χ3v) is 6.01. The number of nitrogens with one attached hydrogen (secondary N) is 1. The van der Waals surface area contributed by atoms with Crippen molar-refractivity contribution < 1.29 is 14.4 Å². The van der Waals surface area contributed by atoms with Crippen LogP contribution in [-0.2, 0) is 14.4 Å². The van der Waals surface area contributed by atoms with E-state index in [9.17, 15) is 14.4 Å². The van der Waals surface area contributed by atoms with E-state index in [0.29, 0.717) is 11.2 Å². The van der Waals surface area contributed by atoms with Crippen LogP contribution < -0.4 is 5.32 Å². The molecule has 3 aliphatic rings.